The Morgan fingerprint density at radius 2 is 1.73 bits per heavy atom. The zero-order valence-corrected chi connectivity index (χ0v) is 13.3. The molecule has 2 N–H and O–H groups in total. The first-order valence-corrected chi connectivity index (χ1v) is 7.78. The van der Waals surface area contributed by atoms with Gasteiger partial charge >= 0.3 is 0 Å². The van der Waals surface area contributed by atoms with Crippen molar-refractivity contribution in [3.8, 4) is 6.07 Å². The van der Waals surface area contributed by atoms with Gasteiger partial charge in [-0.25, -0.2) is 4.39 Å². The molecule has 126 valence electrons. The summed E-state index contributed by atoms with van der Waals surface area (Å²) >= 11 is 0. The van der Waals surface area contributed by atoms with Crippen LogP contribution in [0.5, 0.6) is 0 Å². The van der Waals surface area contributed by atoms with Gasteiger partial charge in [-0.1, -0.05) is 36.4 Å². The molecule has 0 saturated carbocycles. The van der Waals surface area contributed by atoms with E-state index in [2.05, 4.69) is 0 Å². The molecule has 1 heterocycles. The maximum atomic E-state index is 13.8. The fraction of sp³-hybridized carbons (Fsp3) is 0.0500. The molecule has 2 aromatic rings. The molecule has 1 aliphatic carbocycles. The van der Waals surface area contributed by atoms with E-state index >= 15 is 0 Å². The maximum Gasteiger partial charge on any atom is 0.229 e. The summed E-state index contributed by atoms with van der Waals surface area (Å²) in [5.41, 5.74) is 6.59. The number of ketones is 2. The lowest BCUT2D eigenvalue weighted by Gasteiger charge is -2.30. The third kappa shape index (κ3) is 2.15. The molecule has 0 radical (unpaired) electrons. The lowest BCUT2D eigenvalue weighted by atomic mass is 9.75. The number of halogens is 1. The van der Waals surface area contributed by atoms with E-state index in [4.69, 9.17) is 10.5 Å². The molecular formula is C20H11FN2O3. The standard InChI is InChI=1S/C20H11FN2O3/c21-11-5-3-4-10(8-11)15-14(9-22)20(23)26-19-16(15)17(24)12-6-1-2-7-13(12)18(19)25/h1-8,15H,23H2/t15-/m1/s1. The molecule has 1 atom stereocenters. The number of allylic oxidation sites excluding steroid dienone is 3. The summed E-state index contributed by atoms with van der Waals surface area (Å²) in [6.07, 6.45) is 0. The summed E-state index contributed by atoms with van der Waals surface area (Å²) in [4.78, 5) is 25.9. The quantitative estimate of drug-likeness (QED) is 0.857. The molecule has 0 spiro atoms. The highest BCUT2D eigenvalue weighted by molar-refractivity contribution is 6.27. The Hall–Kier alpha value is -3.72. The minimum absolute atomic E-state index is 0.00468. The lowest BCUT2D eigenvalue weighted by molar-refractivity contribution is 0.0897. The van der Waals surface area contributed by atoms with Crippen molar-refractivity contribution in [2.75, 3.05) is 0 Å². The van der Waals surface area contributed by atoms with Crippen LogP contribution in [0.15, 0.2) is 71.3 Å². The Morgan fingerprint density at radius 1 is 1.04 bits per heavy atom. The summed E-state index contributed by atoms with van der Waals surface area (Å²) < 4.78 is 19.1. The molecule has 1 aliphatic heterocycles. The van der Waals surface area contributed by atoms with Crippen LogP contribution in [0.3, 0.4) is 0 Å². The van der Waals surface area contributed by atoms with Gasteiger partial charge in [0, 0.05) is 11.1 Å². The number of hydrogen-bond acceptors (Lipinski definition) is 5. The van der Waals surface area contributed by atoms with Crippen LogP contribution in [0.25, 0.3) is 0 Å². The molecule has 5 nitrogen and oxygen atoms in total. The largest absolute Gasteiger partial charge is 0.436 e. The van der Waals surface area contributed by atoms with Crippen LogP contribution in [0.2, 0.25) is 0 Å². The molecule has 0 fully saturated rings. The molecule has 6 heteroatoms. The van der Waals surface area contributed by atoms with Crippen LogP contribution in [0.4, 0.5) is 4.39 Å². The molecule has 2 aromatic carbocycles. The number of hydrogen-bond donors (Lipinski definition) is 1. The Bertz CT molecular complexity index is 1090. The van der Waals surface area contributed by atoms with Crippen molar-refractivity contribution < 1.29 is 18.7 Å². The van der Waals surface area contributed by atoms with Crippen molar-refractivity contribution in [1.29, 1.82) is 5.26 Å². The molecule has 0 bridgehead atoms. The van der Waals surface area contributed by atoms with Crippen LogP contribution in [-0.2, 0) is 4.74 Å². The van der Waals surface area contributed by atoms with Gasteiger partial charge in [0.1, 0.15) is 17.5 Å². The Morgan fingerprint density at radius 3 is 2.38 bits per heavy atom. The zero-order valence-electron chi connectivity index (χ0n) is 13.3. The minimum atomic E-state index is -0.968. The third-order valence-corrected chi connectivity index (χ3v) is 4.47. The number of benzene rings is 2. The van der Waals surface area contributed by atoms with Gasteiger partial charge in [0.05, 0.1) is 11.5 Å². The van der Waals surface area contributed by atoms with Crippen LogP contribution in [0.1, 0.15) is 32.2 Å². The van der Waals surface area contributed by atoms with E-state index in [9.17, 15) is 19.2 Å². The number of carbonyl (C=O) groups excluding carboxylic acids is 2. The average Bonchev–Trinajstić information content (AvgIpc) is 2.65. The maximum absolute atomic E-state index is 13.8. The summed E-state index contributed by atoms with van der Waals surface area (Å²) in [6.45, 7) is 0. The van der Waals surface area contributed by atoms with Gasteiger partial charge in [-0.3, -0.25) is 9.59 Å². The predicted molar refractivity (Wildman–Crippen MR) is 89.2 cm³/mol. The van der Waals surface area contributed by atoms with E-state index in [1.807, 2.05) is 6.07 Å². The molecule has 4 rings (SSSR count). The number of carbonyl (C=O) groups is 2. The average molecular weight is 346 g/mol. The second kappa shape index (κ2) is 5.67. The third-order valence-electron chi connectivity index (χ3n) is 4.47. The molecule has 0 aromatic heterocycles. The highest BCUT2D eigenvalue weighted by atomic mass is 19.1. The number of rotatable bonds is 1. The molecule has 26 heavy (non-hydrogen) atoms. The predicted octanol–water partition coefficient (Wildman–Crippen LogP) is 2.97. The van der Waals surface area contributed by atoms with E-state index in [-0.39, 0.29) is 33.9 Å². The second-order valence-electron chi connectivity index (χ2n) is 5.93. The molecular weight excluding hydrogens is 335 g/mol. The van der Waals surface area contributed by atoms with Gasteiger partial charge < -0.3 is 10.5 Å². The van der Waals surface area contributed by atoms with Gasteiger partial charge in [-0.15, -0.1) is 0 Å². The van der Waals surface area contributed by atoms with E-state index in [0.717, 1.165) is 0 Å². The van der Waals surface area contributed by atoms with Crippen molar-refractivity contribution >= 4 is 11.6 Å². The molecule has 0 unspecified atom stereocenters. The smallest absolute Gasteiger partial charge is 0.229 e. The second-order valence-corrected chi connectivity index (χ2v) is 5.93. The van der Waals surface area contributed by atoms with Crippen LogP contribution in [0, 0.1) is 17.1 Å². The Labute approximate surface area is 147 Å². The SMILES string of the molecule is N#CC1=C(N)OC2=C(C(=O)c3ccccc3C2=O)[C@@H]1c1cccc(F)c1. The monoisotopic (exact) mass is 346 g/mol. The first kappa shape index (κ1) is 15.8. The van der Waals surface area contributed by atoms with Crippen molar-refractivity contribution in [3.63, 3.8) is 0 Å². The first-order valence-electron chi connectivity index (χ1n) is 7.78. The highest BCUT2D eigenvalue weighted by Gasteiger charge is 2.43. The number of nitrogens with zero attached hydrogens (tertiary/aromatic N) is 1. The number of Topliss-reactive ketones (excluding diaryl/α,β-unsaturated/α-hetero) is 2. The number of fused-ring (bicyclic) bond motifs is 1. The van der Waals surface area contributed by atoms with Gasteiger partial charge in [0.25, 0.3) is 0 Å². The van der Waals surface area contributed by atoms with Crippen molar-refractivity contribution in [2.24, 2.45) is 5.73 Å². The van der Waals surface area contributed by atoms with E-state index < -0.39 is 23.3 Å². The van der Waals surface area contributed by atoms with Gasteiger partial charge in [-0.05, 0) is 17.7 Å². The van der Waals surface area contributed by atoms with Crippen LogP contribution in [-0.4, -0.2) is 11.6 Å². The van der Waals surface area contributed by atoms with Crippen molar-refractivity contribution in [1.82, 2.24) is 0 Å². The highest BCUT2D eigenvalue weighted by Crippen LogP contribution is 2.43. The normalized spacial score (nSPS) is 18.8. The van der Waals surface area contributed by atoms with Crippen LogP contribution < -0.4 is 5.73 Å². The van der Waals surface area contributed by atoms with Crippen LogP contribution >= 0.6 is 0 Å². The first-order chi connectivity index (χ1) is 12.5. The summed E-state index contributed by atoms with van der Waals surface area (Å²) in [7, 11) is 0. The number of ether oxygens (including phenoxy) is 1. The summed E-state index contributed by atoms with van der Waals surface area (Å²) in [6, 6.07) is 13.8. The topological polar surface area (TPSA) is 93.2 Å². The summed E-state index contributed by atoms with van der Waals surface area (Å²) in [5.74, 6) is -2.90. The minimum Gasteiger partial charge on any atom is -0.436 e. The number of nitriles is 1. The molecule has 0 amide bonds. The fourth-order valence-corrected chi connectivity index (χ4v) is 3.33. The number of nitrogens with two attached hydrogens (primary N) is 1. The lowest BCUT2D eigenvalue weighted by Crippen LogP contribution is -2.32. The fourth-order valence-electron chi connectivity index (χ4n) is 3.33. The molecule has 0 saturated heterocycles. The summed E-state index contributed by atoms with van der Waals surface area (Å²) in [5, 5.41) is 9.52. The van der Waals surface area contributed by atoms with Gasteiger partial charge in [0.2, 0.25) is 11.7 Å². The molecule has 2 aliphatic rings. The van der Waals surface area contributed by atoms with Gasteiger partial charge in [0.15, 0.2) is 11.5 Å². The van der Waals surface area contributed by atoms with Gasteiger partial charge in [-0.2, -0.15) is 5.26 Å². The van der Waals surface area contributed by atoms with E-state index in [0.29, 0.717) is 5.56 Å². The Balaban J connectivity index is 1.99. The zero-order chi connectivity index (χ0) is 18.4. The van der Waals surface area contributed by atoms with E-state index in [1.165, 1.54) is 30.3 Å². The Kier molecular flexibility index (Phi) is 3.44. The van der Waals surface area contributed by atoms with Crippen molar-refractivity contribution in [2.45, 2.75) is 5.92 Å². The van der Waals surface area contributed by atoms with E-state index in [1.54, 1.807) is 18.2 Å². The van der Waals surface area contributed by atoms with Crippen molar-refractivity contribution in [3.05, 3.63) is 93.8 Å².